The van der Waals surface area contributed by atoms with Gasteiger partial charge in [0.05, 0.1) is 0 Å². The SMILES string of the molecule is O=S(=O)(Nc1ccc(N2CCCC2)cc1)c1ccc(O)cc1O. The number of aromatic hydroxyl groups is 2. The lowest BCUT2D eigenvalue weighted by molar-refractivity contribution is 0.440. The summed E-state index contributed by atoms with van der Waals surface area (Å²) in [6, 6.07) is 10.5. The second-order valence-corrected chi connectivity index (χ2v) is 7.15. The van der Waals surface area contributed by atoms with Crippen LogP contribution in [0.1, 0.15) is 12.8 Å². The van der Waals surface area contributed by atoms with E-state index in [0.717, 1.165) is 30.9 Å². The Morgan fingerprint density at radius 1 is 0.957 bits per heavy atom. The minimum Gasteiger partial charge on any atom is -0.508 e. The van der Waals surface area contributed by atoms with Gasteiger partial charge in [0.1, 0.15) is 16.4 Å². The van der Waals surface area contributed by atoms with E-state index in [1.54, 1.807) is 12.1 Å². The van der Waals surface area contributed by atoms with Crippen LogP contribution in [-0.4, -0.2) is 31.7 Å². The first-order valence-electron chi connectivity index (χ1n) is 7.35. The topological polar surface area (TPSA) is 89.9 Å². The Bertz CT molecular complexity index is 797. The van der Waals surface area contributed by atoms with Crippen molar-refractivity contribution in [2.24, 2.45) is 0 Å². The summed E-state index contributed by atoms with van der Waals surface area (Å²) >= 11 is 0. The van der Waals surface area contributed by atoms with Gasteiger partial charge in [0.15, 0.2) is 0 Å². The van der Waals surface area contributed by atoms with Crippen molar-refractivity contribution >= 4 is 21.4 Å². The Labute approximate surface area is 135 Å². The van der Waals surface area contributed by atoms with Gasteiger partial charge < -0.3 is 15.1 Å². The van der Waals surface area contributed by atoms with Crippen molar-refractivity contribution in [3.05, 3.63) is 42.5 Å². The largest absolute Gasteiger partial charge is 0.508 e. The van der Waals surface area contributed by atoms with E-state index in [1.807, 2.05) is 12.1 Å². The van der Waals surface area contributed by atoms with Crippen LogP contribution in [0.5, 0.6) is 11.5 Å². The monoisotopic (exact) mass is 334 g/mol. The summed E-state index contributed by atoms with van der Waals surface area (Å²) in [5, 5.41) is 19.0. The van der Waals surface area contributed by atoms with Crippen LogP contribution in [0.2, 0.25) is 0 Å². The molecule has 122 valence electrons. The highest BCUT2D eigenvalue weighted by atomic mass is 32.2. The molecular weight excluding hydrogens is 316 g/mol. The Hall–Kier alpha value is -2.41. The second-order valence-electron chi connectivity index (χ2n) is 5.50. The van der Waals surface area contributed by atoms with Gasteiger partial charge >= 0.3 is 0 Å². The van der Waals surface area contributed by atoms with Gasteiger partial charge in [-0.15, -0.1) is 0 Å². The second kappa shape index (κ2) is 6.00. The first kappa shape index (κ1) is 15.5. The summed E-state index contributed by atoms with van der Waals surface area (Å²) in [5.41, 5.74) is 1.48. The third kappa shape index (κ3) is 3.34. The van der Waals surface area contributed by atoms with E-state index in [1.165, 1.54) is 18.9 Å². The third-order valence-electron chi connectivity index (χ3n) is 3.82. The van der Waals surface area contributed by atoms with Crippen LogP contribution in [0, 0.1) is 0 Å². The highest BCUT2D eigenvalue weighted by Gasteiger charge is 2.19. The lowest BCUT2D eigenvalue weighted by Crippen LogP contribution is -2.17. The highest BCUT2D eigenvalue weighted by molar-refractivity contribution is 7.92. The van der Waals surface area contributed by atoms with E-state index in [9.17, 15) is 18.6 Å². The van der Waals surface area contributed by atoms with E-state index in [-0.39, 0.29) is 10.6 Å². The first-order valence-corrected chi connectivity index (χ1v) is 8.84. The molecule has 1 saturated heterocycles. The summed E-state index contributed by atoms with van der Waals surface area (Å²) in [7, 11) is -3.92. The molecule has 23 heavy (non-hydrogen) atoms. The van der Waals surface area contributed by atoms with Crippen LogP contribution in [0.4, 0.5) is 11.4 Å². The molecule has 0 unspecified atom stereocenters. The molecule has 0 radical (unpaired) electrons. The van der Waals surface area contributed by atoms with Gasteiger partial charge in [-0.2, -0.15) is 0 Å². The van der Waals surface area contributed by atoms with Crippen molar-refractivity contribution in [3.63, 3.8) is 0 Å². The molecule has 0 bridgehead atoms. The van der Waals surface area contributed by atoms with Crippen LogP contribution in [0.15, 0.2) is 47.4 Å². The number of hydrogen-bond donors (Lipinski definition) is 3. The van der Waals surface area contributed by atoms with Crippen molar-refractivity contribution in [1.82, 2.24) is 0 Å². The quantitative estimate of drug-likeness (QED) is 0.799. The number of nitrogens with one attached hydrogen (secondary N) is 1. The lowest BCUT2D eigenvalue weighted by atomic mass is 10.2. The Kier molecular flexibility index (Phi) is 4.04. The molecular formula is C16H18N2O4S. The van der Waals surface area contributed by atoms with Gasteiger partial charge in [-0.05, 0) is 49.2 Å². The predicted molar refractivity (Wildman–Crippen MR) is 88.5 cm³/mol. The van der Waals surface area contributed by atoms with Gasteiger partial charge in [0.25, 0.3) is 10.0 Å². The molecule has 3 rings (SSSR count). The predicted octanol–water partition coefficient (Wildman–Crippen LogP) is 2.50. The van der Waals surface area contributed by atoms with Crippen LogP contribution in [0.3, 0.4) is 0 Å². The van der Waals surface area contributed by atoms with Crippen molar-refractivity contribution in [2.45, 2.75) is 17.7 Å². The van der Waals surface area contributed by atoms with Gasteiger partial charge in [-0.25, -0.2) is 8.42 Å². The summed E-state index contributed by atoms with van der Waals surface area (Å²) in [5.74, 6) is -0.692. The van der Waals surface area contributed by atoms with Crippen LogP contribution < -0.4 is 9.62 Å². The molecule has 0 aliphatic carbocycles. The number of sulfonamides is 1. The maximum absolute atomic E-state index is 12.3. The third-order valence-corrected chi connectivity index (χ3v) is 5.25. The molecule has 2 aromatic carbocycles. The zero-order chi connectivity index (χ0) is 16.4. The summed E-state index contributed by atoms with van der Waals surface area (Å²) < 4.78 is 27.0. The number of hydrogen-bond acceptors (Lipinski definition) is 5. The van der Waals surface area contributed by atoms with Crippen LogP contribution >= 0.6 is 0 Å². The maximum Gasteiger partial charge on any atom is 0.265 e. The number of anilines is 2. The molecule has 7 heteroatoms. The number of benzene rings is 2. The van der Waals surface area contributed by atoms with Gasteiger partial charge in [0.2, 0.25) is 0 Å². The molecule has 1 heterocycles. The van der Waals surface area contributed by atoms with E-state index in [0.29, 0.717) is 5.69 Å². The van der Waals surface area contributed by atoms with Crippen molar-refractivity contribution in [1.29, 1.82) is 0 Å². The molecule has 0 aromatic heterocycles. The minimum atomic E-state index is -3.92. The number of phenolic OH excluding ortho intramolecular Hbond substituents is 2. The Morgan fingerprint density at radius 3 is 2.22 bits per heavy atom. The van der Waals surface area contributed by atoms with Crippen LogP contribution in [-0.2, 0) is 10.0 Å². The highest BCUT2D eigenvalue weighted by Crippen LogP contribution is 2.29. The van der Waals surface area contributed by atoms with Gasteiger partial charge in [-0.1, -0.05) is 0 Å². The zero-order valence-electron chi connectivity index (χ0n) is 12.4. The summed E-state index contributed by atoms with van der Waals surface area (Å²) in [4.78, 5) is 1.98. The molecule has 1 aliphatic heterocycles. The molecule has 6 nitrogen and oxygen atoms in total. The fraction of sp³-hybridized carbons (Fsp3) is 0.250. The van der Waals surface area contributed by atoms with Gasteiger partial charge in [-0.3, -0.25) is 4.72 Å². The molecule has 1 aliphatic rings. The number of phenols is 2. The van der Waals surface area contributed by atoms with Crippen LogP contribution in [0.25, 0.3) is 0 Å². The molecule has 0 atom stereocenters. The average molecular weight is 334 g/mol. The van der Waals surface area contributed by atoms with E-state index in [4.69, 9.17) is 0 Å². The van der Waals surface area contributed by atoms with Gasteiger partial charge in [0, 0.05) is 30.5 Å². The fourth-order valence-corrected chi connectivity index (χ4v) is 3.80. The Morgan fingerprint density at radius 2 is 1.61 bits per heavy atom. The average Bonchev–Trinajstić information content (AvgIpc) is 3.01. The van der Waals surface area contributed by atoms with E-state index in [2.05, 4.69) is 9.62 Å². The summed E-state index contributed by atoms with van der Waals surface area (Å²) in [6.07, 6.45) is 2.35. The summed E-state index contributed by atoms with van der Waals surface area (Å²) in [6.45, 7) is 2.04. The molecule has 3 N–H and O–H groups in total. The standard InChI is InChI=1S/C16H18N2O4S/c19-14-7-8-16(15(20)11-14)23(21,22)17-12-3-5-13(6-4-12)18-9-1-2-10-18/h3-8,11,17,19-20H,1-2,9-10H2. The normalized spacial score (nSPS) is 14.9. The van der Waals surface area contributed by atoms with Crippen molar-refractivity contribution < 1.29 is 18.6 Å². The minimum absolute atomic E-state index is 0.198. The maximum atomic E-state index is 12.3. The van der Waals surface area contributed by atoms with E-state index < -0.39 is 15.8 Å². The molecule has 1 fully saturated rings. The molecule has 2 aromatic rings. The molecule has 0 saturated carbocycles. The fourth-order valence-electron chi connectivity index (χ4n) is 2.66. The number of rotatable bonds is 4. The van der Waals surface area contributed by atoms with Crippen molar-refractivity contribution in [3.8, 4) is 11.5 Å². The van der Waals surface area contributed by atoms with Crippen molar-refractivity contribution in [2.75, 3.05) is 22.7 Å². The number of nitrogens with zero attached hydrogens (tertiary/aromatic N) is 1. The smallest absolute Gasteiger partial charge is 0.265 e. The molecule has 0 amide bonds. The van der Waals surface area contributed by atoms with E-state index >= 15 is 0 Å². The zero-order valence-corrected chi connectivity index (χ0v) is 13.3. The molecule has 0 spiro atoms. The lowest BCUT2D eigenvalue weighted by Gasteiger charge is -2.18. The first-order chi connectivity index (χ1) is 11.0. The Balaban J connectivity index is 1.80.